The van der Waals surface area contributed by atoms with Gasteiger partial charge in [-0.15, -0.1) is 0 Å². The number of amides is 2. The zero-order valence-electron chi connectivity index (χ0n) is 11.6. The first kappa shape index (κ1) is 17.4. The van der Waals surface area contributed by atoms with Crippen LogP contribution in [0.4, 0.5) is 4.79 Å². The number of urea groups is 1. The summed E-state index contributed by atoms with van der Waals surface area (Å²) < 4.78 is 16.5. The summed E-state index contributed by atoms with van der Waals surface area (Å²) in [7, 11) is -0.341. The third kappa shape index (κ3) is 8.46. The molecule has 108 valence electrons. The largest absolute Gasteiger partial charge is 0.395 e. The van der Waals surface area contributed by atoms with Crippen LogP contribution in [-0.4, -0.2) is 47.9 Å². The molecule has 0 rings (SSSR count). The second-order valence-corrected chi connectivity index (χ2v) is 6.21. The Balaban J connectivity index is 4.42. The number of primary amides is 1. The fraction of sp³-hybridized carbons (Fsp3) is 0.909. The maximum absolute atomic E-state index is 11.0. The van der Waals surface area contributed by atoms with Gasteiger partial charge in [0.05, 0.1) is 5.67 Å². The van der Waals surface area contributed by atoms with Crippen molar-refractivity contribution < 1.29 is 18.4 Å². The molecule has 0 aromatic rings. The van der Waals surface area contributed by atoms with Gasteiger partial charge in [0, 0.05) is 26.9 Å². The minimum atomic E-state index is -1.96. The predicted molar refractivity (Wildman–Crippen MR) is 72.6 cm³/mol. The molecule has 1 atom stereocenters. The Labute approximate surface area is 111 Å². The third-order valence-electron chi connectivity index (χ3n) is 2.26. The molecule has 2 amide bonds. The van der Waals surface area contributed by atoms with Crippen molar-refractivity contribution in [3.8, 4) is 0 Å². The number of hydrogen-bond acceptors (Lipinski definition) is 4. The van der Waals surface area contributed by atoms with Crippen molar-refractivity contribution in [3.05, 3.63) is 0 Å². The summed E-state index contributed by atoms with van der Waals surface area (Å²) in [5.74, 6) is 0. The zero-order valence-corrected chi connectivity index (χ0v) is 12.8. The van der Waals surface area contributed by atoms with Crippen LogP contribution in [0.25, 0.3) is 0 Å². The molecule has 1 unspecified atom stereocenters. The first-order valence-corrected chi connectivity index (χ1v) is 8.04. The smallest absolute Gasteiger partial charge is 0.344 e. The van der Waals surface area contributed by atoms with Gasteiger partial charge in [-0.2, -0.15) is 0 Å². The molecule has 0 saturated heterocycles. The van der Waals surface area contributed by atoms with E-state index in [9.17, 15) is 4.79 Å². The maximum Gasteiger partial charge on any atom is 0.344 e. The van der Waals surface area contributed by atoms with Gasteiger partial charge < -0.3 is 24.6 Å². The van der Waals surface area contributed by atoms with E-state index in [0.717, 1.165) is 12.8 Å². The molecule has 6 nitrogen and oxygen atoms in total. The van der Waals surface area contributed by atoms with Crippen LogP contribution in [0.5, 0.6) is 0 Å². The Hall–Kier alpha value is -0.633. The minimum absolute atomic E-state index is 0.152. The first-order chi connectivity index (χ1) is 8.65. The Kier molecular flexibility index (Phi) is 11.1. The SMILES string of the molecule is CCCO[SiH](OCCC)C(CCOC)NC(N)=O. The van der Waals surface area contributed by atoms with Crippen molar-refractivity contribution in [1.82, 2.24) is 5.32 Å². The van der Waals surface area contributed by atoms with E-state index >= 15 is 0 Å². The highest BCUT2D eigenvalue weighted by Crippen LogP contribution is 2.04. The highest BCUT2D eigenvalue weighted by molar-refractivity contribution is 6.46. The summed E-state index contributed by atoms with van der Waals surface area (Å²) in [4.78, 5) is 11.0. The van der Waals surface area contributed by atoms with E-state index in [2.05, 4.69) is 5.32 Å². The molecule has 0 aliphatic carbocycles. The lowest BCUT2D eigenvalue weighted by Gasteiger charge is -2.25. The van der Waals surface area contributed by atoms with E-state index in [1.54, 1.807) is 7.11 Å². The maximum atomic E-state index is 11.0. The first-order valence-electron chi connectivity index (χ1n) is 6.43. The van der Waals surface area contributed by atoms with E-state index in [1.165, 1.54) is 0 Å². The van der Waals surface area contributed by atoms with Gasteiger partial charge in [0.15, 0.2) is 0 Å². The van der Waals surface area contributed by atoms with Gasteiger partial charge in [0.2, 0.25) is 0 Å². The number of methoxy groups -OCH3 is 1. The topological polar surface area (TPSA) is 82.8 Å². The molecular formula is C11H26N2O4Si. The van der Waals surface area contributed by atoms with Crippen LogP contribution >= 0.6 is 0 Å². The van der Waals surface area contributed by atoms with Gasteiger partial charge in [-0.3, -0.25) is 0 Å². The summed E-state index contributed by atoms with van der Waals surface area (Å²) in [6.07, 6.45) is 2.50. The van der Waals surface area contributed by atoms with Crippen LogP contribution < -0.4 is 11.1 Å². The molecule has 0 aromatic heterocycles. The summed E-state index contributed by atoms with van der Waals surface area (Å²) in [6, 6.07) is -0.547. The Morgan fingerprint density at radius 1 is 1.22 bits per heavy atom. The molecule has 0 radical (unpaired) electrons. The molecule has 0 heterocycles. The summed E-state index contributed by atoms with van der Waals surface area (Å²) in [5.41, 5.74) is 5.03. The summed E-state index contributed by atoms with van der Waals surface area (Å²) in [5, 5.41) is 2.70. The van der Waals surface area contributed by atoms with E-state index < -0.39 is 15.3 Å². The molecule has 3 N–H and O–H groups in total. The van der Waals surface area contributed by atoms with Crippen molar-refractivity contribution in [3.63, 3.8) is 0 Å². The Morgan fingerprint density at radius 2 is 1.78 bits per heavy atom. The molecule has 0 aliphatic heterocycles. The molecular weight excluding hydrogens is 252 g/mol. The fourth-order valence-electron chi connectivity index (χ4n) is 1.45. The standard InChI is InChI=1S/C11H26N2O4Si/c1-4-7-16-18(17-8-5-2)10(6-9-15-3)13-11(12)14/h10,18H,4-9H2,1-3H3,(H3,12,13,14). The number of ether oxygens (including phenoxy) is 1. The number of nitrogens with two attached hydrogens (primary N) is 1. The minimum Gasteiger partial charge on any atom is -0.395 e. The van der Waals surface area contributed by atoms with Crippen molar-refractivity contribution >= 4 is 15.3 Å². The molecule has 0 spiro atoms. The second kappa shape index (κ2) is 11.5. The van der Waals surface area contributed by atoms with Crippen molar-refractivity contribution in [1.29, 1.82) is 0 Å². The zero-order chi connectivity index (χ0) is 13.8. The quantitative estimate of drug-likeness (QED) is 0.544. The van der Waals surface area contributed by atoms with Gasteiger partial charge in [0.1, 0.15) is 0 Å². The molecule has 18 heavy (non-hydrogen) atoms. The number of carbonyl (C=O) groups is 1. The van der Waals surface area contributed by atoms with Crippen LogP contribution in [0.1, 0.15) is 33.1 Å². The summed E-state index contributed by atoms with van der Waals surface area (Å²) in [6.45, 7) is 5.91. The van der Waals surface area contributed by atoms with Crippen LogP contribution in [0.3, 0.4) is 0 Å². The lowest BCUT2D eigenvalue weighted by Crippen LogP contribution is -2.51. The van der Waals surface area contributed by atoms with E-state index in [1.807, 2.05) is 13.8 Å². The third-order valence-corrected chi connectivity index (χ3v) is 4.55. The Bertz CT molecular complexity index is 211. The van der Waals surface area contributed by atoms with Crippen LogP contribution in [0.2, 0.25) is 0 Å². The van der Waals surface area contributed by atoms with Crippen molar-refractivity contribution in [2.75, 3.05) is 26.9 Å². The number of carbonyl (C=O) groups excluding carboxylic acids is 1. The molecule has 0 aromatic carbocycles. The predicted octanol–water partition coefficient (Wildman–Crippen LogP) is 0.673. The van der Waals surface area contributed by atoms with Crippen LogP contribution in [-0.2, 0) is 13.6 Å². The average Bonchev–Trinajstić information content (AvgIpc) is 2.34. The molecule has 0 bridgehead atoms. The average molecular weight is 278 g/mol. The summed E-state index contributed by atoms with van der Waals surface area (Å²) >= 11 is 0. The fourth-order valence-corrected chi connectivity index (χ4v) is 3.66. The molecule has 7 heteroatoms. The van der Waals surface area contributed by atoms with Gasteiger partial charge >= 0.3 is 15.3 Å². The highest BCUT2D eigenvalue weighted by Gasteiger charge is 2.27. The van der Waals surface area contributed by atoms with Crippen molar-refractivity contribution in [2.45, 2.75) is 38.8 Å². The van der Waals surface area contributed by atoms with Crippen LogP contribution in [0, 0.1) is 0 Å². The van der Waals surface area contributed by atoms with E-state index in [-0.39, 0.29) is 5.67 Å². The van der Waals surface area contributed by atoms with Gasteiger partial charge in [-0.05, 0) is 19.3 Å². The number of hydrogen-bond donors (Lipinski definition) is 2. The van der Waals surface area contributed by atoms with Gasteiger partial charge in [-0.25, -0.2) is 4.79 Å². The van der Waals surface area contributed by atoms with E-state index in [0.29, 0.717) is 26.2 Å². The van der Waals surface area contributed by atoms with Gasteiger partial charge in [0.25, 0.3) is 0 Å². The van der Waals surface area contributed by atoms with Crippen LogP contribution in [0.15, 0.2) is 0 Å². The lowest BCUT2D eigenvalue weighted by molar-refractivity contribution is 0.160. The van der Waals surface area contributed by atoms with E-state index in [4.69, 9.17) is 19.3 Å². The molecule has 0 fully saturated rings. The number of nitrogens with one attached hydrogen (secondary N) is 1. The second-order valence-electron chi connectivity index (χ2n) is 4.01. The lowest BCUT2D eigenvalue weighted by atomic mass is 10.4. The molecule has 0 aliphatic rings. The normalized spacial score (nSPS) is 12.7. The highest BCUT2D eigenvalue weighted by atomic mass is 28.3. The van der Waals surface area contributed by atoms with Crippen molar-refractivity contribution in [2.24, 2.45) is 5.73 Å². The Morgan fingerprint density at radius 3 is 2.17 bits per heavy atom. The number of rotatable bonds is 11. The monoisotopic (exact) mass is 278 g/mol. The van der Waals surface area contributed by atoms with Gasteiger partial charge in [-0.1, -0.05) is 13.8 Å². The molecule has 0 saturated carbocycles.